The Hall–Kier alpha value is -2.14. The van der Waals surface area contributed by atoms with E-state index in [1.165, 1.54) is 0 Å². The highest BCUT2D eigenvalue weighted by Gasteiger charge is 2.26. The van der Waals surface area contributed by atoms with Gasteiger partial charge >= 0.3 is 0 Å². The largest absolute Gasteiger partial charge is 0.387 e. The Balaban J connectivity index is 1.55. The number of oxime groups is 1. The van der Waals surface area contributed by atoms with E-state index in [2.05, 4.69) is 26.4 Å². The molecule has 1 unspecified atom stereocenters. The summed E-state index contributed by atoms with van der Waals surface area (Å²) in [6.45, 7) is 0.466. The number of nitrogens with one attached hydrogen (secondary N) is 1. The Morgan fingerprint density at radius 1 is 1.23 bits per heavy atom. The first-order chi connectivity index (χ1) is 10.7. The van der Waals surface area contributed by atoms with Crippen LogP contribution in [0.4, 0.5) is 0 Å². The topological polar surface area (TPSA) is 50.7 Å². The molecule has 0 spiro atoms. The number of halogens is 1. The van der Waals surface area contributed by atoms with Gasteiger partial charge in [-0.25, -0.2) is 0 Å². The van der Waals surface area contributed by atoms with E-state index in [0.717, 1.165) is 15.6 Å². The Morgan fingerprint density at radius 2 is 2.05 bits per heavy atom. The Kier molecular flexibility index (Phi) is 4.53. The van der Waals surface area contributed by atoms with Crippen molar-refractivity contribution in [1.82, 2.24) is 5.32 Å². The normalized spacial score (nSPS) is 16.8. The lowest BCUT2D eigenvalue weighted by Gasteiger charge is -2.07. The summed E-state index contributed by atoms with van der Waals surface area (Å²) >= 11 is 3.41. The minimum atomic E-state index is -0.182. The van der Waals surface area contributed by atoms with E-state index >= 15 is 0 Å². The molecule has 22 heavy (non-hydrogen) atoms. The molecule has 4 nitrogen and oxygen atoms in total. The van der Waals surface area contributed by atoms with Crippen molar-refractivity contribution >= 4 is 27.5 Å². The molecule has 1 amide bonds. The summed E-state index contributed by atoms with van der Waals surface area (Å²) in [5.74, 6) is -0.182. The lowest BCUT2D eigenvalue weighted by Crippen LogP contribution is -2.29. The standard InChI is InChI=1S/C17H15BrN2O2/c18-14-8-4-5-12(9-14)11-19-17(21)15-10-16(22-20-15)13-6-2-1-3-7-13/h1-9,16H,10-11H2,(H,19,21). The van der Waals surface area contributed by atoms with E-state index in [4.69, 9.17) is 4.84 Å². The SMILES string of the molecule is O=C(NCc1cccc(Br)c1)C1=NOC(c2ccccc2)C1. The molecule has 0 fully saturated rings. The van der Waals surface area contributed by atoms with E-state index in [1.807, 2.05) is 54.6 Å². The van der Waals surface area contributed by atoms with Crippen molar-refractivity contribution in [2.45, 2.75) is 19.1 Å². The molecule has 0 saturated heterocycles. The van der Waals surface area contributed by atoms with Gasteiger partial charge in [0.25, 0.3) is 5.91 Å². The molecule has 0 aliphatic carbocycles. The van der Waals surface area contributed by atoms with Gasteiger partial charge in [0.15, 0.2) is 6.10 Å². The maximum atomic E-state index is 12.1. The van der Waals surface area contributed by atoms with Crippen LogP contribution >= 0.6 is 15.9 Å². The van der Waals surface area contributed by atoms with E-state index in [-0.39, 0.29) is 12.0 Å². The van der Waals surface area contributed by atoms with Crippen LogP contribution < -0.4 is 5.32 Å². The second-order valence-electron chi connectivity index (χ2n) is 5.06. The first-order valence-corrected chi connectivity index (χ1v) is 7.82. The summed E-state index contributed by atoms with van der Waals surface area (Å²) in [6.07, 6.45) is 0.321. The summed E-state index contributed by atoms with van der Waals surface area (Å²) in [7, 11) is 0. The summed E-state index contributed by atoms with van der Waals surface area (Å²) in [5.41, 5.74) is 2.49. The minimum Gasteiger partial charge on any atom is -0.387 e. The number of hydrogen-bond donors (Lipinski definition) is 1. The molecule has 3 rings (SSSR count). The van der Waals surface area contributed by atoms with E-state index in [9.17, 15) is 4.79 Å². The lowest BCUT2D eigenvalue weighted by atomic mass is 10.0. The van der Waals surface area contributed by atoms with E-state index in [0.29, 0.717) is 18.7 Å². The van der Waals surface area contributed by atoms with Gasteiger partial charge in [0.1, 0.15) is 5.71 Å². The fraction of sp³-hybridized carbons (Fsp3) is 0.176. The average Bonchev–Trinajstić information content (AvgIpc) is 3.04. The predicted octanol–water partition coefficient (Wildman–Crippen LogP) is 3.58. The number of amides is 1. The highest BCUT2D eigenvalue weighted by atomic mass is 79.9. The van der Waals surface area contributed by atoms with Crippen molar-refractivity contribution in [1.29, 1.82) is 0 Å². The van der Waals surface area contributed by atoms with Crippen LogP contribution in [0.3, 0.4) is 0 Å². The number of carbonyl (C=O) groups excluding carboxylic acids is 1. The molecule has 112 valence electrons. The van der Waals surface area contributed by atoms with Crippen LogP contribution in [0.25, 0.3) is 0 Å². The van der Waals surface area contributed by atoms with Crippen LogP contribution in [0.5, 0.6) is 0 Å². The molecule has 5 heteroatoms. The maximum Gasteiger partial charge on any atom is 0.269 e. The minimum absolute atomic E-state index is 0.173. The van der Waals surface area contributed by atoms with Crippen LogP contribution in [-0.2, 0) is 16.2 Å². The number of carbonyl (C=O) groups is 1. The van der Waals surface area contributed by atoms with Crippen molar-refractivity contribution in [3.05, 3.63) is 70.2 Å². The van der Waals surface area contributed by atoms with Crippen molar-refractivity contribution in [2.24, 2.45) is 5.16 Å². The van der Waals surface area contributed by atoms with Crippen LogP contribution in [0.2, 0.25) is 0 Å². The molecule has 0 saturated carbocycles. The Labute approximate surface area is 137 Å². The van der Waals surface area contributed by atoms with Gasteiger partial charge in [-0.1, -0.05) is 63.6 Å². The van der Waals surface area contributed by atoms with Gasteiger partial charge in [-0.2, -0.15) is 0 Å². The van der Waals surface area contributed by atoms with Crippen LogP contribution in [-0.4, -0.2) is 11.6 Å². The molecule has 2 aromatic rings. The van der Waals surface area contributed by atoms with Crippen LogP contribution in [0.1, 0.15) is 23.7 Å². The molecule has 1 heterocycles. The van der Waals surface area contributed by atoms with Crippen molar-refractivity contribution in [2.75, 3.05) is 0 Å². The maximum absolute atomic E-state index is 12.1. The first-order valence-electron chi connectivity index (χ1n) is 7.02. The average molecular weight is 359 g/mol. The van der Waals surface area contributed by atoms with Crippen molar-refractivity contribution in [3.63, 3.8) is 0 Å². The third-order valence-electron chi connectivity index (χ3n) is 3.44. The van der Waals surface area contributed by atoms with Gasteiger partial charge in [-0.15, -0.1) is 0 Å². The van der Waals surface area contributed by atoms with Gasteiger partial charge < -0.3 is 10.2 Å². The fourth-order valence-corrected chi connectivity index (χ4v) is 2.74. The van der Waals surface area contributed by atoms with Gasteiger partial charge in [0.2, 0.25) is 0 Å². The molecule has 0 aromatic heterocycles. The summed E-state index contributed by atoms with van der Waals surface area (Å²) in [4.78, 5) is 17.5. The summed E-state index contributed by atoms with van der Waals surface area (Å²) in [6, 6.07) is 17.6. The zero-order chi connectivity index (χ0) is 15.4. The Morgan fingerprint density at radius 3 is 2.82 bits per heavy atom. The summed E-state index contributed by atoms with van der Waals surface area (Å²) in [5, 5.41) is 6.79. The smallest absolute Gasteiger partial charge is 0.269 e. The molecule has 0 bridgehead atoms. The van der Waals surface area contributed by atoms with E-state index < -0.39 is 0 Å². The van der Waals surface area contributed by atoms with Gasteiger partial charge in [0, 0.05) is 17.4 Å². The molecule has 1 atom stereocenters. The zero-order valence-electron chi connectivity index (χ0n) is 11.8. The second-order valence-corrected chi connectivity index (χ2v) is 5.98. The highest BCUT2D eigenvalue weighted by molar-refractivity contribution is 9.10. The molecule has 1 N–H and O–H groups in total. The number of hydrogen-bond acceptors (Lipinski definition) is 3. The van der Waals surface area contributed by atoms with Crippen molar-refractivity contribution in [3.8, 4) is 0 Å². The first kappa shape index (κ1) is 14.8. The Bertz CT molecular complexity index is 701. The monoisotopic (exact) mass is 358 g/mol. The molecule has 2 aromatic carbocycles. The quantitative estimate of drug-likeness (QED) is 0.907. The van der Waals surface area contributed by atoms with Crippen LogP contribution in [0.15, 0.2) is 64.2 Å². The third-order valence-corrected chi connectivity index (χ3v) is 3.94. The predicted molar refractivity (Wildman–Crippen MR) is 88.3 cm³/mol. The molecule has 1 aliphatic rings. The van der Waals surface area contributed by atoms with Crippen molar-refractivity contribution < 1.29 is 9.63 Å². The number of benzene rings is 2. The third kappa shape index (κ3) is 3.54. The van der Waals surface area contributed by atoms with E-state index in [1.54, 1.807) is 0 Å². The van der Waals surface area contributed by atoms with Gasteiger partial charge in [-0.3, -0.25) is 4.79 Å². The number of rotatable bonds is 4. The van der Waals surface area contributed by atoms with Crippen LogP contribution in [0, 0.1) is 0 Å². The molecule has 0 radical (unpaired) electrons. The lowest BCUT2D eigenvalue weighted by molar-refractivity contribution is -0.115. The fourth-order valence-electron chi connectivity index (χ4n) is 2.29. The second kappa shape index (κ2) is 6.75. The molecular formula is C17H15BrN2O2. The number of nitrogens with zero attached hydrogens (tertiary/aromatic N) is 1. The summed E-state index contributed by atoms with van der Waals surface area (Å²) < 4.78 is 0.991. The molecule has 1 aliphatic heterocycles. The van der Waals surface area contributed by atoms with Gasteiger partial charge in [0.05, 0.1) is 0 Å². The van der Waals surface area contributed by atoms with Gasteiger partial charge in [-0.05, 0) is 23.3 Å². The highest BCUT2D eigenvalue weighted by Crippen LogP contribution is 2.26. The zero-order valence-corrected chi connectivity index (χ0v) is 13.4. The molecular weight excluding hydrogens is 344 g/mol.